The SMILES string of the molecule is COc1[c]cc(C(C)(C)C)cc1C(C)(C)C. The van der Waals surface area contributed by atoms with Crippen LogP contribution in [0.15, 0.2) is 12.1 Å². The molecule has 0 aliphatic rings. The average molecular weight is 219 g/mol. The van der Waals surface area contributed by atoms with Gasteiger partial charge in [0.25, 0.3) is 0 Å². The summed E-state index contributed by atoms with van der Waals surface area (Å²) in [6.45, 7) is 13.3. The second-order valence-electron chi connectivity index (χ2n) is 6.34. The second kappa shape index (κ2) is 4.12. The van der Waals surface area contributed by atoms with Crippen LogP contribution in [-0.2, 0) is 10.8 Å². The molecule has 1 radical (unpaired) electrons. The summed E-state index contributed by atoms with van der Waals surface area (Å²) < 4.78 is 5.38. The predicted molar refractivity (Wildman–Crippen MR) is 69.2 cm³/mol. The van der Waals surface area contributed by atoms with Gasteiger partial charge in [0, 0.05) is 11.6 Å². The van der Waals surface area contributed by atoms with Crippen LogP contribution < -0.4 is 4.74 Å². The van der Waals surface area contributed by atoms with Crippen molar-refractivity contribution < 1.29 is 4.74 Å². The predicted octanol–water partition coefficient (Wildman–Crippen LogP) is 4.09. The maximum atomic E-state index is 5.38. The number of ether oxygens (including phenoxy) is 1. The first-order chi connectivity index (χ1) is 7.16. The monoisotopic (exact) mass is 219 g/mol. The van der Waals surface area contributed by atoms with E-state index in [0.717, 1.165) is 5.75 Å². The van der Waals surface area contributed by atoms with Gasteiger partial charge in [0.1, 0.15) is 5.75 Å². The van der Waals surface area contributed by atoms with Crippen molar-refractivity contribution in [1.29, 1.82) is 0 Å². The summed E-state index contributed by atoms with van der Waals surface area (Å²) in [5.74, 6) is 0.862. The molecule has 0 saturated heterocycles. The molecule has 0 spiro atoms. The largest absolute Gasteiger partial charge is 0.496 e. The van der Waals surface area contributed by atoms with Gasteiger partial charge in [0.05, 0.1) is 7.11 Å². The molecule has 0 heterocycles. The topological polar surface area (TPSA) is 9.23 Å². The van der Waals surface area contributed by atoms with E-state index in [1.807, 2.05) is 6.07 Å². The van der Waals surface area contributed by atoms with Crippen molar-refractivity contribution in [3.05, 3.63) is 29.3 Å². The minimum Gasteiger partial charge on any atom is -0.496 e. The minimum atomic E-state index is 0.0864. The summed E-state index contributed by atoms with van der Waals surface area (Å²) in [6.07, 6.45) is 0. The summed E-state index contributed by atoms with van der Waals surface area (Å²) in [7, 11) is 1.71. The third-order valence-corrected chi connectivity index (χ3v) is 2.78. The van der Waals surface area contributed by atoms with Crippen molar-refractivity contribution in [1.82, 2.24) is 0 Å². The van der Waals surface area contributed by atoms with Gasteiger partial charge in [0.2, 0.25) is 0 Å². The number of hydrogen-bond donors (Lipinski definition) is 0. The molecular formula is C15H23O. The van der Waals surface area contributed by atoms with Crippen LogP contribution in [-0.4, -0.2) is 7.11 Å². The van der Waals surface area contributed by atoms with Crippen molar-refractivity contribution in [3.8, 4) is 5.75 Å². The van der Waals surface area contributed by atoms with Gasteiger partial charge < -0.3 is 4.74 Å². The molecule has 0 fully saturated rings. The molecule has 0 saturated carbocycles. The van der Waals surface area contributed by atoms with E-state index in [4.69, 9.17) is 4.74 Å². The first-order valence-corrected chi connectivity index (χ1v) is 5.77. The summed E-state index contributed by atoms with van der Waals surface area (Å²) >= 11 is 0. The van der Waals surface area contributed by atoms with Gasteiger partial charge in [-0.2, -0.15) is 0 Å². The molecule has 0 aliphatic heterocycles. The lowest BCUT2D eigenvalue weighted by Crippen LogP contribution is -2.17. The summed E-state index contributed by atoms with van der Waals surface area (Å²) in [5.41, 5.74) is 2.77. The van der Waals surface area contributed by atoms with Crippen LogP contribution in [0.3, 0.4) is 0 Å². The van der Waals surface area contributed by atoms with Crippen molar-refractivity contribution in [2.45, 2.75) is 52.4 Å². The Morgan fingerprint density at radius 1 is 1.00 bits per heavy atom. The van der Waals surface area contributed by atoms with Crippen molar-refractivity contribution in [3.63, 3.8) is 0 Å². The van der Waals surface area contributed by atoms with Crippen molar-refractivity contribution in [2.75, 3.05) is 7.11 Å². The van der Waals surface area contributed by atoms with E-state index in [1.165, 1.54) is 11.1 Å². The Kier molecular flexibility index (Phi) is 3.37. The van der Waals surface area contributed by atoms with E-state index in [9.17, 15) is 0 Å². The normalized spacial score (nSPS) is 12.7. The Morgan fingerprint density at radius 3 is 1.94 bits per heavy atom. The summed E-state index contributed by atoms with van der Waals surface area (Å²) in [5, 5.41) is 0. The van der Waals surface area contributed by atoms with Crippen LogP contribution in [0.5, 0.6) is 5.75 Å². The Morgan fingerprint density at radius 2 is 1.56 bits per heavy atom. The Bertz CT molecular complexity index is 364. The van der Waals surface area contributed by atoms with E-state index in [0.29, 0.717) is 0 Å². The van der Waals surface area contributed by atoms with E-state index in [1.54, 1.807) is 7.11 Å². The standard InChI is InChI=1S/C15H23O/c1-14(2,3)11-8-9-13(16-7)12(10-11)15(4,5)6/h8,10H,1-7H3. The van der Waals surface area contributed by atoms with Crippen LogP contribution >= 0.6 is 0 Å². The maximum Gasteiger partial charge on any atom is 0.130 e. The molecule has 0 aliphatic carbocycles. The van der Waals surface area contributed by atoms with E-state index < -0.39 is 0 Å². The Labute approximate surface area is 99.8 Å². The molecule has 0 bridgehead atoms. The molecule has 1 heteroatoms. The van der Waals surface area contributed by atoms with E-state index in [2.05, 4.69) is 53.7 Å². The molecular weight excluding hydrogens is 196 g/mol. The highest BCUT2D eigenvalue weighted by atomic mass is 16.5. The van der Waals surface area contributed by atoms with Gasteiger partial charge in [-0.25, -0.2) is 0 Å². The van der Waals surface area contributed by atoms with Gasteiger partial charge in [-0.15, -0.1) is 0 Å². The highest BCUT2D eigenvalue weighted by molar-refractivity contribution is 5.42. The van der Waals surface area contributed by atoms with Crippen LogP contribution in [0.2, 0.25) is 0 Å². The van der Waals surface area contributed by atoms with Crippen LogP contribution in [0, 0.1) is 6.07 Å². The zero-order valence-corrected chi connectivity index (χ0v) is 11.6. The van der Waals surface area contributed by atoms with Gasteiger partial charge in [-0.05, 0) is 22.5 Å². The molecule has 0 unspecified atom stereocenters. The third kappa shape index (κ3) is 2.78. The van der Waals surface area contributed by atoms with Crippen molar-refractivity contribution in [2.24, 2.45) is 0 Å². The fourth-order valence-electron chi connectivity index (χ4n) is 1.64. The highest BCUT2D eigenvalue weighted by Gasteiger charge is 2.22. The minimum absolute atomic E-state index is 0.0864. The summed E-state index contributed by atoms with van der Waals surface area (Å²) in [4.78, 5) is 0. The lowest BCUT2D eigenvalue weighted by Gasteiger charge is -2.26. The van der Waals surface area contributed by atoms with Crippen LogP contribution in [0.4, 0.5) is 0 Å². The molecule has 0 N–H and O–H groups in total. The van der Waals surface area contributed by atoms with Crippen LogP contribution in [0.1, 0.15) is 52.7 Å². The lowest BCUT2D eigenvalue weighted by molar-refractivity contribution is 0.395. The smallest absolute Gasteiger partial charge is 0.130 e. The third-order valence-electron chi connectivity index (χ3n) is 2.78. The maximum absolute atomic E-state index is 5.38. The van der Waals surface area contributed by atoms with Gasteiger partial charge in [-0.1, -0.05) is 47.6 Å². The average Bonchev–Trinajstić information content (AvgIpc) is 2.14. The molecule has 1 nitrogen and oxygen atoms in total. The number of rotatable bonds is 1. The first kappa shape index (κ1) is 13.1. The number of hydrogen-bond acceptors (Lipinski definition) is 1. The molecule has 1 rings (SSSR count). The van der Waals surface area contributed by atoms with Crippen LogP contribution in [0.25, 0.3) is 0 Å². The first-order valence-electron chi connectivity index (χ1n) is 5.77. The van der Waals surface area contributed by atoms with E-state index in [-0.39, 0.29) is 10.8 Å². The van der Waals surface area contributed by atoms with Gasteiger partial charge in [0.15, 0.2) is 0 Å². The fraction of sp³-hybridized carbons (Fsp3) is 0.600. The van der Waals surface area contributed by atoms with Gasteiger partial charge in [-0.3, -0.25) is 0 Å². The van der Waals surface area contributed by atoms with E-state index >= 15 is 0 Å². The molecule has 0 atom stereocenters. The lowest BCUT2D eigenvalue weighted by atomic mass is 9.80. The molecule has 0 aromatic heterocycles. The van der Waals surface area contributed by atoms with Gasteiger partial charge >= 0.3 is 0 Å². The fourth-order valence-corrected chi connectivity index (χ4v) is 1.64. The molecule has 0 amide bonds. The zero-order valence-electron chi connectivity index (χ0n) is 11.6. The Hall–Kier alpha value is -0.980. The Balaban J connectivity index is 3.34. The second-order valence-corrected chi connectivity index (χ2v) is 6.34. The number of benzene rings is 1. The highest BCUT2D eigenvalue weighted by Crippen LogP contribution is 2.34. The van der Waals surface area contributed by atoms with Crippen molar-refractivity contribution >= 4 is 0 Å². The molecule has 89 valence electrons. The zero-order chi connectivity index (χ0) is 12.6. The number of methoxy groups -OCH3 is 1. The molecule has 1 aromatic carbocycles. The molecule has 16 heavy (non-hydrogen) atoms. The summed E-state index contributed by atoms with van der Waals surface area (Å²) in [6, 6.07) is 7.53. The molecule has 1 aromatic rings. The quantitative estimate of drug-likeness (QED) is 0.691.